The lowest BCUT2D eigenvalue weighted by Crippen LogP contribution is -2.41. The minimum atomic E-state index is 0.358. The van der Waals surface area contributed by atoms with Gasteiger partial charge in [0.25, 0.3) is 0 Å². The molecule has 1 saturated carbocycles. The Morgan fingerprint density at radius 3 is 2.40 bits per heavy atom. The first-order valence-electron chi connectivity index (χ1n) is 6.56. The summed E-state index contributed by atoms with van der Waals surface area (Å²) in [4.78, 5) is 0. The Morgan fingerprint density at radius 1 is 1.33 bits per heavy atom. The number of nitrogens with one attached hydrogen (secondary N) is 1. The molecule has 1 aliphatic rings. The topological polar surface area (TPSA) is 38.0 Å². The van der Waals surface area contributed by atoms with Crippen LogP contribution in [0.1, 0.15) is 52.9 Å². The molecular formula is C13H28N2. The van der Waals surface area contributed by atoms with Crippen LogP contribution in [-0.2, 0) is 0 Å². The van der Waals surface area contributed by atoms with Gasteiger partial charge >= 0.3 is 0 Å². The van der Waals surface area contributed by atoms with E-state index in [2.05, 4.69) is 26.1 Å². The Morgan fingerprint density at radius 2 is 2.00 bits per heavy atom. The van der Waals surface area contributed by atoms with Crippen molar-refractivity contribution < 1.29 is 0 Å². The van der Waals surface area contributed by atoms with E-state index in [1.807, 2.05) is 0 Å². The van der Waals surface area contributed by atoms with Crippen molar-refractivity contribution in [3.05, 3.63) is 0 Å². The fourth-order valence-corrected chi connectivity index (χ4v) is 2.29. The van der Waals surface area contributed by atoms with Crippen molar-refractivity contribution in [2.75, 3.05) is 13.1 Å². The molecule has 0 heterocycles. The third kappa shape index (κ3) is 3.76. The van der Waals surface area contributed by atoms with Crippen LogP contribution in [0.2, 0.25) is 0 Å². The Bertz CT molecular complexity index is 168. The SMILES string of the molecule is CCC1(CNCCC(N)C(C)C)CCC1. The maximum absolute atomic E-state index is 6.01. The molecule has 0 saturated heterocycles. The summed E-state index contributed by atoms with van der Waals surface area (Å²) in [5.41, 5.74) is 6.65. The predicted molar refractivity (Wildman–Crippen MR) is 66.9 cm³/mol. The van der Waals surface area contributed by atoms with E-state index >= 15 is 0 Å². The van der Waals surface area contributed by atoms with Crippen LogP contribution >= 0.6 is 0 Å². The van der Waals surface area contributed by atoms with E-state index in [1.165, 1.54) is 32.2 Å². The van der Waals surface area contributed by atoms with Crippen molar-refractivity contribution in [1.29, 1.82) is 0 Å². The smallest absolute Gasteiger partial charge is 0.00739 e. The van der Waals surface area contributed by atoms with Gasteiger partial charge in [-0.3, -0.25) is 0 Å². The van der Waals surface area contributed by atoms with E-state index in [4.69, 9.17) is 5.73 Å². The van der Waals surface area contributed by atoms with Crippen molar-refractivity contribution >= 4 is 0 Å². The summed E-state index contributed by atoms with van der Waals surface area (Å²) in [6.45, 7) is 9.00. The first-order chi connectivity index (χ1) is 7.09. The molecular weight excluding hydrogens is 184 g/mol. The third-order valence-corrected chi connectivity index (χ3v) is 4.17. The van der Waals surface area contributed by atoms with E-state index in [1.54, 1.807) is 0 Å². The second-order valence-electron chi connectivity index (χ2n) is 5.58. The Hall–Kier alpha value is -0.0800. The summed E-state index contributed by atoms with van der Waals surface area (Å²) in [6, 6.07) is 0.358. The van der Waals surface area contributed by atoms with Gasteiger partial charge in [-0.15, -0.1) is 0 Å². The summed E-state index contributed by atoms with van der Waals surface area (Å²) in [5, 5.41) is 3.58. The summed E-state index contributed by atoms with van der Waals surface area (Å²) in [5.74, 6) is 0.607. The molecule has 0 aromatic heterocycles. The Labute approximate surface area is 95.0 Å². The maximum Gasteiger partial charge on any atom is 0.00739 e. The van der Waals surface area contributed by atoms with Crippen LogP contribution in [0, 0.1) is 11.3 Å². The molecule has 0 amide bonds. The minimum absolute atomic E-state index is 0.358. The van der Waals surface area contributed by atoms with Crippen molar-refractivity contribution in [2.45, 2.75) is 58.9 Å². The van der Waals surface area contributed by atoms with E-state index in [0.717, 1.165) is 13.0 Å². The zero-order chi connectivity index (χ0) is 11.3. The van der Waals surface area contributed by atoms with Crippen LogP contribution in [0.5, 0.6) is 0 Å². The first kappa shape index (κ1) is 13.0. The van der Waals surface area contributed by atoms with E-state index in [-0.39, 0.29) is 0 Å². The van der Waals surface area contributed by atoms with E-state index < -0.39 is 0 Å². The molecule has 2 nitrogen and oxygen atoms in total. The number of rotatable bonds is 7. The summed E-state index contributed by atoms with van der Waals surface area (Å²) >= 11 is 0. The van der Waals surface area contributed by atoms with Crippen molar-refractivity contribution in [1.82, 2.24) is 5.32 Å². The highest BCUT2D eigenvalue weighted by Crippen LogP contribution is 2.42. The molecule has 1 rings (SSSR count). The molecule has 3 N–H and O–H groups in total. The maximum atomic E-state index is 6.01. The van der Waals surface area contributed by atoms with E-state index in [0.29, 0.717) is 17.4 Å². The average molecular weight is 212 g/mol. The fraction of sp³-hybridized carbons (Fsp3) is 1.00. The second kappa shape index (κ2) is 5.86. The predicted octanol–water partition coefficient (Wildman–Crippen LogP) is 2.53. The van der Waals surface area contributed by atoms with Crippen LogP contribution in [0.15, 0.2) is 0 Å². The molecule has 0 aromatic carbocycles. The quantitative estimate of drug-likeness (QED) is 0.636. The lowest BCUT2D eigenvalue weighted by atomic mass is 9.67. The highest BCUT2D eigenvalue weighted by atomic mass is 14.9. The molecule has 1 unspecified atom stereocenters. The van der Waals surface area contributed by atoms with Gasteiger partial charge < -0.3 is 11.1 Å². The highest BCUT2D eigenvalue weighted by Gasteiger charge is 2.34. The summed E-state index contributed by atoms with van der Waals surface area (Å²) < 4.78 is 0. The zero-order valence-corrected chi connectivity index (χ0v) is 10.7. The molecule has 0 aliphatic heterocycles. The van der Waals surface area contributed by atoms with Gasteiger partial charge in [0, 0.05) is 12.6 Å². The Kier molecular flexibility index (Phi) is 5.07. The molecule has 0 radical (unpaired) electrons. The number of nitrogens with two attached hydrogens (primary N) is 1. The molecule has 1 aliphatic carbocycles. The van der Waals surface area contributed by atoms with E-state index in [9.17, 15) is 0 Å². The lowest BCUT2D eigenvalue weighted by Gasteiger charge is -2.41. The van der Waals surface area contributed by atoms with Crippen molar-refractivity contribution in [3.8, 4) is 0 Å². The minimum Gasteiger partial charge on any atom is -0.327 e. The number of hydrogen-bond donors (Lipinski definition) is 2. The lowest BCUT2D eigenvalue weighted by molar-refractivity contribution is 0.124. The summed E-state index contributed by atoms with van der Waals surface area (Å²) in [7, 11) is 0. The third-order valence-electron chi connectivity index (χ3n) is 4.17. The van der Waals surface area contributed by atoms with Gasteiger partial charge in [0.1, 0.15) is 0 Å². The van der Waals surface area contributed by atoms with Gasteiger partial charge in [0.15, 0.2) is 0 Å². The van der Waals surface area contributed by atoms with Crippen LogP contribution < -0.4 is 11.1 Å². The van der Waals surface area contributed by atoms with Gasteiger partial charge in [0.05, 0.1) is 0 Å². The fourth-order valence-electron chi connectivity index (χ4n) is 2.29. The molecule has 0 aromatic rings. The zero-order valence-electron chi connectivity index (χ0n) is 10.7. The molecule has 2 heteroatoms. The second-order valence-corrected chi connectivity index (χ2v) is 5.58. The largest absolute Gasteiger partial charge is 0.327 e. The molecule has 0 spiro atoms. The average Bonchev–Trinajstić information content (AvgIpc) is 2.15. The van der Waals surface area contributed by atoms with Gasteiger partial charge in [0.2, 0.25) is 0 Å². The number of hydrogen-bond acceptors (Lipinski definition) is 2. The molecule has 15 heavy (non-hydrogen) atoms. The first-order valence-corrected chi connectivity index (χ1v) is 6.56. The van der Waals surface area contributed by atoms with Crippen LogP contribution in [0.3, 0.4) is 0 Å². The van der Waals surface area contributed by atoms with Crippen LogP contribution in [0.25, 0.3) is 0 Å². The van der Waals surface area contributed by atoms with Gasteiger partial charge in [-0.05, 0) is 43.6 Å². The van der Waals surface area contributed by atoms with Crippen LogP contribution in [0.4, 0.5) is 0 Å². The molecule has 90 valence electrons. The van der Waals surface area contributed by atoms with Crippen molar-refractivity contribution in [2.24, 2.45) is 17.1 Å². The Balaban J connectivity index is 2.06. The molecule has 1 atom stereocenters. The normalized spacial score (nSPS) is 21.4. The van der Waals surface area contributed by atoms with Gasteiger partial charge in [-0.1, -0.05) is 27.2 Å². The van der Waals surface area contributed by atoms with Gasteiger partial charge in [-0.2, -0.15) is 0 Å². The van der Waals surface area contributed by atoms with Crippen LogP contribution in [-0.4, -0.2) is 19.1 Å². The molecule has 0 bridgehead atoms. The summed E-state index contributed by atoms with van der Waals surface area (Å²) in [6.07, 6.45) is 6.72. The van der Waals surface area contributed by atoms with Crippen molar-refractivity contribution in [3.63, 3.8) is 0 Å². The van der Waals surface area contributed by atoms with Gasteiger partial charge in [-0.25, -0.2) is 0 Å². The standard InChI is InChI=1S/C13H28N2/c1-4-13(7-5-8-13)10-15-9-6-12(14)11(2)3/h11-12,15H,4-10,14H2,1-3H3. The highest BCUT2D eigenvalue weighted by molar-refractivity contribution is 4.88. The monoisotopic (exact) mass is 212 g/mol. The molecule has 1 fully saturated rings.